The predicted octanol–water partition coefficient (Wildman–Crippen LogP) is 4.02. The van der Waals surface area contributed by atoms with Gasteiger partial charge < -0.3 is 10.4 Å². The predicted molar refractivity (Wildman–Crippen MR) is 96.2 cm³/mol. The van der Waals surface area contributed by atoms with Crippen molar-refractivity contribution in [2.45, 2.75) is 38.8 Å². The standard InChI is InChI=1S/C19H23NO2.ClH/c1-14(20-15(2)18-9-4-3-5-10-18)11-16-7-6-8-17(12-16)13-19(21)22;/h3-10,12,14-15,20H,11,13H2,1-2H3,(H,21,22);1H/t14?,15-;/m0./s1. The molecular formula is C19H24ClNO2. The summed E-state index contributed by atoms with van der Waals surface area (Å²) in [6.45, 7) is 4.32. The van der Waals surface area contributed by atoms with Crippen molar-refractivity contribution in [2.75, 3.05) is 0 Å². The number of benzene rings is 2. The first-order chi connectivity index (χ1) is 10.5. The topological polar surface area (TPSA) is 49.3 Å². The lowest BCUT2D eigenvalue weighted by atomic mass is 10.0. The van der Waals surface area contributed by atoms with Crippen molar-refractivity contribution < 1.29 is 9.90 Å². The second-order valence-corrected chi connectivity index (χ2v) is 5.79. The second kappa shape index (κ2) is 9.33. The average molecular weight is 334 g/mol. The van der Waals surface area contributed by atoms with E-state index < -0.39 is 5.97 Å². The smallest absolute Gasteiger partial charge is 0.307 e. The molecule has 0 aliphatic carbocycles. The van der Waals surface area contributed by atoms with E-state index in [9.17, 15) is 4.79 Å². The molecule has 0 saturated carbocycles. The molecule has 23 heavy (non-hydrogen) atoms. The van der Waals surface area contributed by atoms with Gasteiger partial charge in [-0.05, 0) is 37.0 Å². The maximum Gasteiger partial charge on any atom is 0.307 e. The Labute approximate surface area is 144 Å². The summed E-state index contributed by atoms with van der Waals surface area (Å²) in [5.74, 6) is -0.791. The molecule has 1 unspecified atom stereocenters. The van der Waals surface area contributed by atoms with E-state index in [0.29, 0.717) is 12.1 Å². The molecule has 2 atom stereocenters. The molecule has 0 heterocycles. The molecule has 124 valence electrons. The molecule has 0 bridgehead atoms. The van der Waals surface area contributed by atoms with Crippen molar-refractivity contribution in [1.29, 1.82) is 0 Å². The molecule has 3 nitrogen and oxygen atoms in total. The minimum absolute atomic E-state index is 0. The van der Waals surface area contributed by atoms with Gasteiger partial charge in [-0.25, -0.2) is 0 Å². The summed E-state index contributed by atoms with van der Waals surface area (Å²) in [5, 5.41) is 12.5. The van der Waals surface area contributed by atoms with Crippen LogP contribution in [0.15, 0.2) is 54.6 Å². The maximum atomic E-state index is 10.8. The second-order valence-electron chi connectivity index (χ2n) is 5.79. The fraction of sp³-hybridized carbons (Fsp3) is 0.316. The molecule has 2 aromatic rings. The number of carboxylic acids is 1. The fourth-order valence-corrected chi connectivity index (χ4v) is 2.72. The van der Waals surface area contributed by atoms with E-state index in [0.717, 1.165) is 12.0 Å². The number of rotatable bonds is 7. The van der Waals surface area contributed by atoms with Gasteiger partial charge in [-0.2, -0.15) is 0 Å². The van der Waals surface area contributed by atoms with Gasteiger partial charge in [0.25, 0.3) is 0 Å². The molecule has 4 heteroatoms. The monoisotopic (exact) mass is 333 g/mol. The van der Waals surface area contributed by atoms with Crippen molar-refractivity contribution >= 4 is 18.4 Å². The van der Waals surface area contributed by atoms with Crippen LogP contribution in [-0.2, 0) is 17.6 Å². The van der Waals surface area contributed by atoms with Gasteiger partial charge in [-0.3, -0.25) is 4.79 Å². The molecule has 0 fully saturated rings. The number of nitrogens with one attached hydrogen (secondary N) is 1. The van der Waals surface area contributed by atoms with E-state index in [2.05, 4.69) is 37.4 Å². The van der Waals surface area contributed by atoms with Crippen LogP contribution in [0.3, 0.4) is 0 Å². The Morgan fingerprint density at radius 1 is 1.04 bits per heavy atom. The third kappa shape index (κ3) is 6.43. The molecule has 0 aromatic heterocycles. The van der Waals surface area contributed by atoms with Crippen molar-refractivity contribution in [1.82, 2.24) is 5.32 Å². The summed E-state index contributed by atoms with van der Waals surface area (Å²) >= 11 is 0. The summed E-state index contributed by atoms with van der Waals surface area (Å²) in [5.41, 5.74) is 3.29. The van der Waals surface area contributed by atoms with Crippen LogP contribution >= 0.6 is 12.4 Å². The Balaban J connectivity index is 0.00000264. The first-order valence-corrected chi connectivity index (χ1v) is 7.65. The third-order valence-corrected chi connectivity index (χ3v) is 3.72. The Hall–Kier alpha value is -1.84. The summed E-state index contributed by atoms with van der Waals surface area (Å²) in [6.07, 6.45) is 0.959. The molecule has 0 saturated heterocycles. The molecule has 0 aliphatic heterocycles. The minimum atomic E-state index is -0.791. The third-order valence-electron chi connectivity index (χ3n) is 3.72. The first-order valence-electron chi connectivity index (χ1n) is 7.65. The molecule has 2 rings (SSSR count). The van der Waals surface area contributed by atoms with Crippen LogP contribution in [0.5, 0.6) is 0 Å². The lowest BCUT2D eigenvalue weighted by Gasteiger charge is -2.20. The van der Waals surface area contributed by atoms with Crippen molar-refractivity contribution in [3.8, 4) is 0 Å². The summed E-state index contributed by atoms with van der Waals surface area (Å²) in [6, 6.07) is 18.8. The SMILES string of the molecule is CC(Cc1cccc(CC(=O)O)c1)N[C@@H](C)c1ccccc1.Cl. The Morgan fingerprint density at radius 3 is 2.35 bits per heavy atom. The molecule has 0 radical (unpaired) electrons. The highest BCUT2D eigenvalue weighted by molar-refractivity contribution is 5.85. The van der Waals surface area contributed by atoms with Crippen LogP contribution in [-0.4, -0.2) is 17.1 Å². The van der Waals surface area contributed by atoms with E-state index in [1.807, 2.05) is 36.4 Å². The van der Waals surface area contributed by atoms with Crippen molar-refractivity contribution in [2.24, 2.45) is 0 Å². The van der Waals surface area contributed by atoms with Gasteiger partial charge in [0.1, 0.15) is 0 Å². The number of hydrogen-bond acceptors (Lipinski definition) is 2. The van der Waals surface area contributed by atoms with Crippen LogP contribution in [0, 0.1) is 0 Å². The van der Waals surface area contributed by atoms with Gasteiger partial charge in [0.15, 0.2) is 0 Å². The number of halogens is 1. The molecule has 2 N–H and O–H groups in total. The van der Waals surface area contributed by atoms with E-state index >= 15 is 0 Å². The van der Waals surface area contributed by atoms with Crippen LogP contribution in [0.2, 0.25) is 0 Å². The van der Waals surface area contributed by atoms with Gasteiger partial charge in [0, 0.05) is 12.1 Å². The van der Waals surface area contributed by atoms with E-state index in [4.69, 9.17) is 5.11 Å². The summed E-state index contributed by atoms with van der Waals surface area (Å²) in [4.78, 5) is 10.8. The van der Waals surface area contributed by atoms with E-state index in [-0.39, 0.29) is 18.8 Å². The zero-order valence-electron chi connectivity index (χ0n) is 13.5. The van der Waals surface area contributed by atoms with Gasteiger partial charge in [-0.1, -0.05) is 54.6 Å². The van der Waals surface area contributed by atoms with Crippen LogP contribution in [0.4, 0.5) is 0 Å². The minimum Gasteiger partial charge on any atom is -0.481 e. The highest BCUT2D eigenvalue weighted by Crippen LogP contribution is 2.14. The highest BCUT2D eigenvalue weighted by Gasteiger charge is 2.10. The molecule has 0 spiro atoms. The zero-order chi connectivity index (χ0) is 15.9. The van der Waals surface area contributed by atoms with Gasteiger partial charge in [-0.15, -0.1) is 12.4 Å². The quantitative estimate of drug-likeness (QED) is 0.804. The number of aliphatic carboxylic acids is 1. The maximum absolute atomic E-state index is 10.8. The Morgan fingerprint density at radius 2 is 1.70 bits per heavy atom. The van der Waals surface area contributed by atoms with Crippen LogP contribution < -0.4 is 5.32 Å². The van der Waals surface area contributed by atoms with Gasteiger partial charge >= 0.3 is 5.97 Å². The molecule has 0 aliphatic rings. The summed E-state index contributed by atoms with van der Waals surface area (Å²) < 4.78 is 0. The normalized spacial score (nSPS) is 13.0. The first kappa shape index (κ1) is 19.2. The average Bonchev–Trinajstić information content (AvgIpc) is 2.47. The van der Waals surface area contributed by atoms with E-state index in [1.165, 1.54) is 11.1 Å². The van der Waals surface area contributed by atoms with Crippen molar-refractivity contribution in [3.63, 3.8) is 0 Å². The van der Waals surface area contributed by atoms with Gasteiger partial charge in [0.05, 0.1) is 6.42 Å². The fourth-order valence-electron chi connectivity index (χ4n) is 2.72. The Bertz CT molecular complexity index is 616. The highest BCUT2D eigenvalue weighted by atomic mass is 35.5. The number of carboxylic acid groups (broad SMARTS) is 1. The van der Waals surface area contributed by atoms with Crippen LogP contribution in [0.25, 0.3) is 0 Å². The van der Waals surface area contributed by atoms with E-state index in [1.54, 1.807) is 0 Å². The lowest BCUT2D eigenvalue weighted by molar-refractivity contribution is -0.136. The molecule has 2 aromatic carbocycles. The summed E-state index contributed by atoms with van der Waals surface area (Å²) in [7, 11) is 0. The van der Waals surface area contributed by atoms with Gasteiger partial charge in [0.2, 0.25) is 0 Å². The Kier molecular flexibility index (Phi) is 7.79. The lowest BCUT2D eigenvalue weighted by Crippen LogP contribution is -2.30. The van der Waals surface area contributed by atoms with Crippen molar-refractivity contribution in [3.05, 3.63) is 71.3 Å². The largest absolute Gasteiger partial charge is 0.481 e. The molecule has 0 amide bonds. The zero-order valence-corrected chi connectivity index (χ0v) is 14.3. The number of hydrogen-bond donors (Lipinski definition) is 2. The van der Waals surface area contributed by atoms with Crippen LogP contribution in [0.1, 0.15) is 36.6 Å². The molecular weight excluding hydrogens is 310 g/mol. The number of carbonyl (C=O) groups is 1.